The number of nitrogens with two attached hydrogens (primary N) is 1. The summed E-state index contributed by atoms with van der Waals surface area (Å²) in [7, 11) is 1.82. The molecule has 3 N–H and O–H groups in total. The third-order valence-electron chi connectivity index (χ3n) is 3.13. The number of hydrogen-bond acceptors (Lipinski definition) is 2. The fourth-order valence-electron chi connectivity index (χ4n) is 2.39. The monoisotopic (exact) mass is 207 g/mol. The fourth-order valence-corrected chi connectivity index (χ4v) is 2.39. The van der Waals surface area contributed by atoms with Gasteiger partial charge in [-0.2, -0.15) is 0 Å². The highest BCUT2D eigenvalue weighted by molar-refractivity contribution is 5.80. The normalized spacial score (nSPS) is 26.4. The van der Waals surface area contributed by atoms with E-state index in [4.69, 9.17) is 5.73 Å². The molecule has 1 fully saturated rings. The van der Waals surface area contributed by atoms with Gasteiger partial charge in [-0.05, 0) is 25.5 Å². The van der Waals surface area contributed by atoms with Crippen LogP contribution in [-0.4, -0.2) is 28.9 Å². The predicted molar refractivity (Wildman–Crippen MR) is 58.4 cm³/mol. The van der Waals surface area contributed by atoms with Gasteiger partial charge in [-0.25, -0.2) is 0 Å². The van der Waals surface area contributed by atoms with Crippen molar-refractivity contribution in [3.05, 3.63) is 23.0 Å². The van der Waals surface area contributed by atoms with Crippen LogP contribution in [0.3, 0.4) is 0 Å². The Morgan fingerprint density at radius 3 is 2.60 bits per heavy atom. The van der Waals surface area contributed by atoms with E-state index in [0.29, 0.717) is 6.42 Å². The zero-order valence-corrected chi connectivity index (χ0v) is 9.37. The van der Waals surface area contributed by atoms with E-state index >= 15 is 0 Å². The van der Waals surface area contributed by atoms with Crippen LogP contribution >= 0.6 is 0 Å². The van der Waals surface area contributed by atoms with Crippen LogP contribution in [0.2, 0.25) is 0 Å². The van der Waals surface area contributed by atoms with Crippen molar-refractivity contribution in [3.63, 3.8) is 0 Å². The molecule has 0 unspecified atom stereocenters. The highest BCUT2D eigenvalue weighted by Gasteiger charge is 2.37. The van der Waals surface area contributed by atoms with E-state index in [2.05, 4.69) is 11.1 Å². The molecule has 2 heterocycles. The standard InChI is InChI=1S/C11H17N3O/c1-6-4-8(7(2)13-6)11-9(12)5-10(15)14(11)3/h4,9,11,13H,5,12H2,1-3H3/t9-,11+/m1/s1. The van der Waals surface area contributed by atoms with E-state index in [1.807, 2.05) is 20.9 Å². The van der Waals surface area contributed by atoms with E-state index in [1.165, 1.54) is 0 Å². The van der Waals surface area contributed by atoms with Crippen LogP contribution in [0.15, 0.2) is 6.07 Å². The zero-order chi connectivity index (χ0) is 11.2. The molecule has 0 radical (unpaired) electrons. The number of carbonyl (C=O) groups excluding carboxylic acids is 1. The fraction of sp³-hybridized carbons (Fsp3) is 0.545. The molecule has 1 aliphatic rings. The predicted octanol–water partition coefficient (Wildman–Crippen LogP) is 0.862. The number of carbonyl (C=O) groups is 1. The first kappa shape index (κ1) is 10.2. The molecule has 4 nitrogen and oxygen atoms in total. The molecule has 2 rings (SSSR count). The van der Waals surface area contributed by atoms with Crippen molar-refractivity contribution in [1.82, 2.24) is 9.88 Å². The number of nitrogens with zero attached hydrogens (tertiary/aromatic N) is 1. The molecule has 4 heteroatoms. The number of H-pyrrole nitrogens is 1. The third-order valence-corrected chi connectivity index (χ3v) is 3.13. The topological polar surface area (TPSA) is 62.1 Å². The summed E-state index contributed by atoms with van der Waals surface area (Å²) >= 11 is 0. The number of hydrogen-bond donors (Lipinski definition) is 2. The largest absolute Gasteiger partial charge is 0.362 e. The first-order chi connectivity index (χ1) is 7.00. The summed E-state index contributed by atoms with van der Waals surface area (Å²) < 4.78 is 0. The average Bonchev–Trinajstić information content (AvgIpc) is 2.56. The Hall–Kier alpha value is -1.29. The average molecular weight is 207 g/mol. The maximum absolute atomic E-state index is 11.5. The lowest BCUT2D eigenvalue weighted by Gasteiger charge is -2.22. The van der Waals surface area contributed by atoms with Gasteiger partial charge in [0.1, 0.15) is 0 Å². The number of aryl methyl sites for hydroxylation is 2. The Bertz CT molecular complexity index is 397. The minimum Gasteiger partial charge on any atom is -0.362 e. The molecule has 0 aliphatic carbocycles. The molecular formula is C11H17N3O. The lowest BCUT2D eigenvalue weighted by molar-refractivity contribution is -0.127. The van der Waals surface area contributed by atoms with Crippen LogP contribution in [0.25, 0.3) is 0 Å². The Morgan fingerprint density at radius 1 is 1.53 bits per heavy atom. The quantitative estimate of drug-likeness (QED) is 0.717. The van der Waals surface area contributed by atoms with Crippen LogP contribution < -0.4 is 5.73 Å². The summed E-state index contributed by atoms with van der Waals surface area (Å²) in [6.45, 7) is 4.03. The smallest absolute Gasteiger partial charge is 0.224 e. The molecule has 1 aromatic rings. The maximum Gasteiger partial charge on any atom is 0.224 e. The Labute approximate surface area is 89.5 Å². The van der Waals surface area contributed by atoms with Gasteiger partial charge in [0, 0.05) is 30.9 Å². The van der Waals surface area contributed by atoms with E-state index < -0.39 is 0 Å². The Kier molecular flexibility index (Phi) is 2.31. The number of nitrogens with one attached hydrogen (secondary N) is 1. The van der Waals surface area contributed by atoms with Gasteiger partial charge in [0.2, 0.25) is 5.91 Å². The number of likely N-dealkylation sites (N-methyl/N-ethyl adjacent to an activating group) is 1. The number of aromatic nitrogens is 1. The second kappa shape index (κ2) is 3.38. The minimum absolute atomic E-state index is 0.0300. The molecule has 1 aliphatic heterocycles. The van der Waals surface area contributed by atoms with Crippen LogP contribution in [0.1, 0.15) is 29.4 Å². The van der Waals surface area contributed by atoms with Crippen LogP contribution in [0.4, 0.5) is 0 Å². The molecule has 0 spiro atoms. The van der Waals surface area contributed by atoms with E-state index in [0.717, 1.165) is 17.0 Å². The van der Waals surface area contributed by atoms with Crippen molar-refractivity contribution >= 4 is 5.91 Å². The van der Waals surface area contributed by atoms with Crippen molar-refractivity contribution in [3.8, 4) is 0 Å². The molecule has 0 aromatic carbocycles. The minimum atomic E-state index is -0.0867. The summed E-state index contributed by atoms with van der Waals surface area (Å²) in [5, 5.41) is 0. The van der Waals surface area contributed by atoms with Gasteiger partial charge in [-0.15, -0.1) is 0 Å². The van der Waals surface area contributed by atoms with Crippen molar-refractivity contribution in [2.24, 2.45) is 5.73 Å². The van der Waals surface area contributed by atoms with E-state index in [9.17, 15) is 4.79 Å². The van der Waals surface area contributed by atoms with Gasteiger partial charge in [0.05, 0.1) is 6.04 Å². The Balaban J connectivity index is 2.38. The van der Waals surface area contributed by atoms with Crippen molar-refractivity contribution in [2.75, 3.05) is 7.05 Å². The first-order valence-corrected chi connectivity index (χ1v) is 5.18. The Morgan fingerprint density at radius 2 is 2.20 bits per heavy atom. The molecule has 2 atom stereocenters. The van der Waals surface area contributed by atoms with Gasteiger partial charge in [-0.3, -0.25) is 4.79 Å². The number of likely N-dealkylation sites (tertiary alicyclic amines) is 1. The maximum atomic E-state index is 11.5. The number of aromatic amines is 1. The van der Waals surface area contributed by atoms with Crippen molar-refractivity contribution in [2.45, 2.75) is 32.4 Å². The van der Waals surface area contributed by atoms with Gasteiger partial charge in [0.25, 0.3) is 0 Å². The summed E-state index contributed by atoms with van der Waals surface area (Å²) in [6.07, 6.45) is 0.449. The molecule has 0 bridgehead atoms. The molecule has 1 aromatic heterocycles. The highest BCUT2D eigenvalue weighted by atomic mass is 16.2. The lowest BCUT2D eigenvalue weighted by atomic mass is 10.0. The van der Waals surface area contributed by atoms with Gasteiger partial charge in [-0.1, -0.05) is 0 Å². The number of rotatable bonds is 1. The lowest BCUT2D eigenvalue weighted by Crippen LogP contribution is -2.30. The van der Waals surface area contributed by atoms with Crippen LogP contribution in [0.5, 0.6) is 0 Å². The van der Waals surface area contributed by atoms with E-state index in [-0.39, 0.29) is 18.0 Å². The van der Waals surface area contributed by atoms with Gasteiger partial charge < -0.3 is 15.6 Å². The second-order valence-electron chi connectivity index (χ2n) is 4.35. The SMILES string of the molecule is Cc1cc([C@H]2[C@H](N)CC(=O)N2C)c(C)[nH]1. The zero-order valence-electron chi connectivity index (χ0n) is 9.37. The summed E-state index contributed by atoms with van der Waals surface area (Å²) in [5.74, 6) is 0.130. The van der Waals surface area contributed by atoms with Gasteiger partial charge in [0.15, 0.2) is 0 Å². The summed E-state index contributed by atoms with van der Waals surface area (Å²) in [6, 6.07) is 2.02. The van der Waals surface area contributed by atoms with Gasteiger partial charge >= 0.3 is 0 Å². The molecule has 1 saturated heterocycles. The number of amides is 1. The highest BCUT2D eigenvalue weighted by Crippen LogP contribution is 2.32. The summed E-state index contributed by atoms with van der Waals surface area (Å²) in [4.78, 5) is 16.5. The molecule has 15 heavy (non-hydrogen) atoms. The summed E-state index contributed by atoms with van der Waals surface area (Å²) in [5.41, 5.74) is 9.36. The van der Waals surface area contributed by atoms with Crippen molar-refractivity contribution < 1.29 is 4.79 Å². The second-order valence-corrected chi connectivity index (χ2v) is 4.35. The third kappa shape index (κ3) is 1.55. The molecule has 1 amide bonds. The van der Waals surface area contributed by atoms with Crippen LogP contribution in [-0.2, 0) is 4.79 Å². The first-order valence-electron chi connectivity index (χ1n) is 5.18. The molecule has 0 saturated carbocycles. The molecule has 82 valence electrons. The van der Waals surface area contributed by atoms with Crippen molar-refractivity contribution in [1.29, 1.82) is 0 Å². The molecular weight excluding hydrogens is 190 g/mol. The van der Waals surface area contributed by atoms with E-state index in [1.54, 1.807) is 4.90 Å². The van der Waals surface area contributed by atoms with Crippen LogP contribution in [0, 0.1) is 13.8 Å².